The fourth-order valence-corrected chi connectivity index (χ4v) is 3.15. The maximum Gasteiger partial charge on any atom is 0.118 e. The van der Waals surface area contributed by atoms with Crippen LogP contribution in [0, 0.1) is 0 Å². The Morgan fingerprint density at radius 3 is 2.62 bits per heavy atom. The SMILES string of the molecule is COc1ccc(CCC(Br)c2ccc3c(c2)COC3)cc1. The smallest absolute Gasteiger partial charge is 0.118 e. The average Bonchev–Trinajstić information content (AvgIpc) is 3.00. The molecular formula is C18H19BrO2. The molecule has 3 rings (SSSR count). The van der Waals surface area contributed by atoms with Crippen LogP contribution in [-0.2, 0) is 24.4 Å². The summed E-state index contributed by atoms with van der Waals surface area (Å²) in [5.41, 5.74) is 5.34. The van der Waals surface area contributed by atoms with Crippen LogP contribution in [0.1, 0.15) is 33.5 Å². The summed E-state index contributed by atoms with van der Waals surface area (Å²) in [7, 11) is 1.70. The molecule has 0 aliphatic carbocycles. The first-order valence-electron chi connectivity index (χ1n) is 7.22. The van der Waals surface area contributed by atoms with Crippen LogP contribution in [0.5, 0.6) is 5.75 Å². The highest BCUT2D eigenvalue weighted by Gasteiger charge is 2.14. The lowest BCUT2D eigenvalue weighted by Crippen LogP contribution is -1.95. The Morgan fingerprint density at radius 1 is 1.10 bits per heavy atom. The lowest BCUT2D eigenvalue weighted by molar-refractivity contribution is 0.134. The fourth-order valence-electron chi connectivity index (χ4n) is 2.64. The molecule has 3 heteroatoms. The third-order valence-corrected chi connectivity index (χ3v) is 4.94. The van der Waals surface area contributed by atoms with Crippen LogP contribution >= 0.6 is 15.9 Å². The summed E-state index contributed by atoms with van der Waals surface area (Å²) >= 11 is 3.81. The van der Waals surface area contributed by atoms with E-state index in [1.54, 1.807) is 7.11 Å². The molecule has 1 aliphatic rings. The second-order valence-electron chi connectivity index (χ2n) is 5.38. The maximum absolute atomic E-state index is 5.47. The van der Waals surface area contributed by atoms with Gasteiger partial charge >= 0.3 is 0 Å². The molecule has 1 heterocycles. The van der Waals surface area contributed by atoms with E-state index in [4.69, 9.17) is 9.47 Å². The van der Waals surface area contributed by atoms with Crippen molar-refractivity contribution in [3.63, 3.8) is 0 Å². The monoisotopic (exact) mass is 346 g/mol. The van der Waals surface area contributed by atoms with Gasteiger partial charge in [0.15, 0.2) is 0 Å². The highest BCUT2D eigenvalue weighted by atomic mass is 79.9. The predicted octanol–water partition coefficient (Wildman–Crippen LogP) is 4.79. The van der Waals surface area contributed by atoms with Crippen molar-refractivity contribution < 1.29 is 9.47 Å². The molecule has 110 valence electrons. The van der Waals surface area contributed by atoms with Crippen molar-refractivity contribution in [1.29, 1.82) is 0 Å². The zero-order valence-electron chi connectivity index (χ0n) is 12.1. The number of rotatable bonds is 5. The standard InChI is InChI=1S/C18H19BrO2/c1-20-17-7-2-13(3-8-17)4-9-18(19)14-5-6-15-11-21-12-16(15)10-14/h2-3,5-8,10,18H,4,9,11-12H2,1H3. The average molecular weight is 347 g/mol. The van der Waals surface area contributed by atoms with Crippen LogP contribution in [0.3, 0.4) is 0 Å². The normalized spacial score (nSPS) is 14.8. The van der Waals surface area contributed by atoms with E-state index >= 15 is 0 Å². The maximum atomic E-state index is 5.47. The van der Waals surface area contributed by atoms with E-state index in [2.05, 4.69) is 46.3 Å². The summed E-state index contributed by atoms with van der Waals surface area (Å²) in [5, 5.41) is 0. The molecule has 2 aromatic carbocycles. The van der Waals surface area contributed by atoms with Crippen molar-refractivity contribution in [2.75, 3.05) is 7.11 Å². The second kappa shape index (κ2) is 6.63. The summed E-state index contributed by atoms with van der Waals surface area (Å²) < 4.78 is 10.7. The van der Waals surface area contributed by atoms with Crippen LogP contribution in [0.2, 0.25) is 0 Å². The van der Waals surface area contributed by atoms with E-state index in [0.717, 1.165) is 31.8 Å². The Balaban J connectivity index is 1.61. The van der Waals surface area contributed by atoms with Gasteiger partial charge in [0.1, 0.15) is 5.75 Å². The van der Waals surface area contributed by atoms with Crippen LogP contribution in [0.15, 0.2) is 42.5 Å². The van der Waals surface area contributed by atoms with E-state index in [9.17, 15) is 0 Å². The zero-order valence-corrected chi connectivity index (χ0v) is 13.7. The Kier molecular flexibility index (Phi) is 4.61. The zero-order chi connectivity index (χ0) is 14.7. The number of aryl methyl sites for hydroxylation is 1. The fraction of sp³-hybridized carbons (Fsp3) is 0.333. The number of alkyl halides is 1. The Hall–Kier alpha value is -1.32. The first-order valence-corrected chi connectivity index (χ1v) is 8.14. The predicted molar refractivity (Wildman–Crippen MR) is 87.9 cm³/mol. The van der Waals surface area contributed by atoms with Gasteiger partial charge in [-0.2, -0.15) is 0 Å². The molecule has 1 unspecified atom stereocenters. The minimum Gasteiger partial charge on any atom is -0.497 e. The summed E-state index contributed by atoms with van der Waals surface area (Å²) in [4.78, 5) is 0.380. The number of halogens is 1. The third kappa shape index (κ3) is 3.47. The van der Waals surface area contributed by atoms with Gasteiger partial charge in [0, 0.05) is 4.83 Å². The summed E-state index contributed by atoms with van der Waals surface area (Å²) in [6.07, 6.45) is 2.12. The number of methoxy groups -OCH3 is 1. The molecule has 0 amide bonds. The topological polar surface area (TPSA) is 18.5 Å². The molecule has 0 saturated carbocycles. The molecule has 1 aliphatic heterocycles. The van der Waals surface area contributed by atoms with Gasteiger partial charge in [-0.05, 0) is 47.2 Å². The van der Waals surface area contributed by atoms with E-state index in [0.29, 0.717) is 4.83 Å². The van der Waals surface area contributed by atoms with Crippen LogP contribution in [-0.4, -0.2) is 7.11 Å². The lowest BCUT2D eigenvalue weighted by Gasteiger charge is -2.12. The largest absolute Gasteiger partial charge is 0.497 e. The number of hydrogen-bond donors (Lipinski definition) is 0. The minimum absolute atomic E-state index is 0.380. The summed E-state index contributed by atoms with van der Waals surface area (Å²) in [6.45, 7) is 1.51. The van der Waals surface area contributed by atoms with E-state index in [1.807, 2.05) is 12.1 Å². The third-order valence-electron chi connectivity index (χ3n) is 3.95. The molecule has 0 bridgehead atoms. The molecule has 2 nitrogen and oxygen atoms in total. The van der Waals surface area contributed by atoms with Crippen LogP contribution in [0.25, 0.3) is 0 Å². The highest BCUT2D eigenvalue weighted by molar-refractivity contribution is 9.09. The van der Waals surface area contributed by atoms with Crippen LogP contribution in [0.4, 0.5) is 0 Å². The molecule has 0 saturated heterocycles. The molecule has 2 aromatic rings. The van der Waals surface area contributed by atoms with Gasteiger partial charge in [0.05, 0.1) is 20.3 Å². The Bertz CT molecular complexity index is 607. The minimum atomic E-state index is 0.380. The van der Waals surface area contributed by atoms with Crippen molar-refractivity contribution in [1.82, 2.24) is 0 Å². The molecule has 0 N–H and O–H groups in total. The van der Waals surface area contributed by atoms with Crippen molar-refractivity contribution in [2.24, 2.45) is 0 Å². The van der Waals surface area contributed by atoms with Crippen molar-refractivity contribution in [3.05, 3.63) is 64.7 Å². The van der Waals surface area contributed by atoms with Gasteiger partial charge in [-0.25, -0.2) is 0 Å². The quantitative estimate of drug-likeness (QED) is 0.724. The van der Waals surface area contributed by atoms with E-state index < -0.39 is 0 Å². The molecule has 0 aromatic heterocycles. The van der Waals surface area contributed by atoms with E-state index in [-0.39, 0.29) is 0 Å². The summed E-state index contributed by atoms with van der Waals surface area (Å²) in [6, 6.07) is 15.0. The van der Waals surface area contributed by atoms with Crippen molar-refractivity contribution in [3.8, 4) is 5.75 Å². The van der Waals surface area contributed by atoms with Gasteiger partial charge in [-0.1, -0.05) is 46.3 Å². The molecule has 21 heavy (non-hydrogen) atoms. The molecule has 0 radical (unpaired) electrons. The number of benzene rings is 2. The van der Waals surface area contributed by atoms with Gasteiger partial charge in [-0.15, -0.1) is 0 Å². The molecular weight excluding hydrogens is 328 g/mol. The first kappa shape index (κ1) is 14.6. The Morgan fingerprint density at radius 2 is 1.86 bits per heavy atom. The van der Waals surface area contributed by atoms with Crippen molar-refractivity contribution in [2.45, 2.75) is 30.9 Å². The molecule has 1 atom stereocenters. The highest BCUT2D eigenvalue weighted by Crippen LogP contribution is 2.31. The first-order chi connectivity index (χ1) is 10.3. The van der Waals surface area contributed by atoms with Gasteiger partial charge in [-0.3, -0.25) is 0 Å². The number of hydrogen-bond acceptors (Lipinski definition) is 2. The van der Waals surface area contributed by atoms with Gasteiger partial charge < -0.3 is 9.47 Å². The lowest BCUT2D eigenvalue weighted by atomic mass is 10.0. The number of ether oxygens (including phenoxy) is 2. The molecule has 0 fully saturated rings. The van der Waals surface area contributed by atoms with Crippen LogP contribution < -0.4 is 4.74 Å². The Labute approximate surface area is 134 Å². The second-order valence-corrected chi connectivity index (χ2v) is 6.48. The van der Waals surface area contributed by atoms with Gasteiger partial charge in [0.2, 0.25) is 0 Å². The van der Waals surface area contributed by atoms with E-state index in [1.165, 1.54) is 22.3 Å². The number of fused-ring (bicyclic) bond motifs is 1. The summed E-state index contributed by atoms with van der Waals surface area (Å²) in [5.74, 6) is 0.910. The van der Waals surface area contributed by atoms with Gasteiger partial charge in [0.25, 0.3) is 0 Å². The van der Waals surface area contributed by atoms with Crippen molar-refractivity contribution >= 4 is 15.9 Å². The molecule has 0 spiro atoms.